The van der Waals surface area contributed by atoms with E-state index in [2.05, 4.69) is 10.2 Å². The van der Waals surface area contributed by atoms with Crippen LogP contribution in [0.25, 0.3) is 0 Å². The van der Waals surface area contributed by atoms with Gasteiger partial charge in [0.1, 0.15) is 0 Å². The Hall–Kier alpha value is -0.610. The normalized spacial score (nSPS) is 38.0. The molecule has 16 heavy (non-hydrogen) atoms. The predicted octanol–water partition coefficient (Wildman–Crippen LogP) is 0.233. The van der Waals surface area contributed by atoms with Crippen LogP contribution < -0.4 is 5.32 Å². The van der Waals surface area contributed by atoms with E-state index in [-0.39, 0.29) is 6.10 Å². The number of nitrogens with zero attached hydrogens (tertiary/aromatic N) is 1. The highest BCUT2D eigenvalue weighted by Gasteiger charge is 2.38. The Morgan fingerprint density at radius 1 is 1.31 bits per heavy atom. The van der Waals surface area contributed by atoms with Gasteiger partial charge in [-0.3, -0.25) is 4.79 Å². The Balaban J connectivity index is 1.51. The minimum atomic E-state index is 0.200. The van der Waals surface area contributed by atoms with Crippen LogP contribution in [0.4, 0.5) is 0 Å². The molecule has 3 saturated heterocycles. The number of nitrogens with one attached hydrogen (secondary N) is 1. The number of amides is 1. The van der Waals surface area contributed by atoms with Crippen LogP contribution >= 0.6 is 0 Å². The molecule has 0 bridgehead atoms. The standard InChI is InChI=1S/C12H20N2O2/c15-12(4-11-2-1-3-16-11)14-7-9-5-13-6-10(9)8-14/h9-11,13H,1-8H2/t9-,10+,11?. The highest BCUT2D eigenvalue weighted by Crippen LogP contribution is 2.27. The van der Waals surface area contributed by atoms with Crippen LogP contribution in [-0.4, -0.2) is 49.7 Å². The zero-order chi connectivity index (χ0) is 11.0. The van der Waals surface area contributed by atoms with Crippen LogP contribution in [0.5, 0.6) is 0 Å². The van der Waals surface area contributed by atoms with Crippen molar-refractivity contribution in [2.45, 2.75) is 25.4 Å². The SMILES string of the molecule is O=C(CC1CCCO1)N1C[C@H]2CNC[C@H]2C1. The summed E-state index contributed by atoms with van der Waals surface area (Å²) in [5.74, 6) is 1.71. The Kier molecular flexibility index (Phi) is 2.86. The van der Waals surface area contributed by atoms with Crippen LogP contribution in [0, 0.1) is 11.8 Å². The summed E-state index contributed by atoms with van der Waals surface area (Å²) in [7, 11) is 0. The molecule has 3 heterocycles. The highest BCUT2D eigenvalue weighted by atomic mass is 16.5. The molecule has 1 amide bonds. The molecule has 1 unspecified atom stereocenters. The first-order chi connectivity index (χ1) is 7.83. The van der Waals surface area contributed by atoms with Crippen LogP contribution in [0.2, 0.25) is 0 Å². The van der Waals surface area contributed by atoms with E-state index in [1.54, 1.807) is 0 Å². The largest absolute Gasteiger partial charge is 0.378 e. The van der Waals surface area contributed by atoms with E-state index in [1.165, 1.54) is 0 Å². The van der Waals surface area contributed by atoms with Gasteiger partial charge in [-0.2, -0.15) is 0 Å². The second kappa shape index (κ2) is 4.34. The van der Waals surface area contributed by atoms with Crippen LogP contribution in [0.3, 0.4) is 0 Å². The van der Waals surface area contributed by atoms with E-state index in [0.29, 0.717) is 24.2 Å². The summed E-state index contributed by atoms with van der Waals surface area (Å²) in [6.07, 6.45) is 2.99. The highest BCUT2D eigenvalue weighted by molar-refractivity contribution is 5.77. The second-order valence-corrected chi connectivity index (χ2v) is 5.32. The number of ether oxygens (including phenoxy) is 1. The van der Waals surface area contributed by atoms with Gasteiger partial charge in [-0.05, 0) is 24.7 Å². The van der Waals surface area contributed by atoms with E-state index in [9.17, 15) is 4.79 Å². The van der Waals surface area contributed by atoms with Crippen LogP contribution in [-0.2, 0) is 9.53 Å². The summed E-state index contributed by atoms with van der Waals surface area (Å²) in [6, 6.07) is 0. The van der Waals surface area contributed by atoms with Crippen molar-refractivity contribution < 1.29 is 9.53 Å². The third-order valence-electron chi connectivity index (χ3n) is 4.17. The summed E-state index contributed by atoms with van der Waals surface area (Å²) in [4.78, 5) is 14.1. The fraction of sp³-hybridized carbons (Fsp3) is 0.917. The van der Waals surface area contributed by atoms with Gasteiger partial charge in [0.25, 0.3) is 0 Å². The summed E-state index contributed by atoms with van der Waals surface area (Å²) in [5.41, 5.74) is 0. The number of hydrogen-bond acceptors (Lipinski definition) is 3. The number of hydrogen-bond donors (Lipinski definition) is 1. The molecule has 0 aromatic heterocycles. The van der Waals surface area contributed by atoms with Gasteiger partial charge in [0, 0.05) is 32.8 Å². The molecule has 4 heteroatoms. The Morgan fingerprint density at radius 3 is 2.69 bits per heavy atom. The Labute approximate surface area is 96.3 Å². The minimum Gasteiger partial charge on any atom is -0.378 e. The van der Waals surface area contributed by atoms with Gasteiger partial charge in [-0.1, -0.05) is 0 Å². The molecular weight excluding hydrogens is 204 g/mol. The third kappa shape index (κ3) is 1.96. The van der Waals surface area contributed by atoms with E-state index in [0.717, 1.165) is 45.6 Å². The summed E-state index contributed by atoms with van der Waals surface area (Å²) >= 11 is 0. The molecular formula is C12H20N2O2. The van der Waals surface area contributed by atoms with Crippen molar-refractivity contribution in [2.75, 3.05) is 32.8 Å². The lowest BCUT2D eigenvalue weighted by Crippen LogP contribution is -2.33. The van der Waals surface area contributed by atoms with Crippen molar-refractivity contribution >= 4 is 5.91 Å². The van der Waals surface area contributed by atoms with Crippen molar-refractivity contribution in [3.05, 3.63) is 0 Å². The quantitative estimate of drug-likeness (QED) is 0.730. The molecule has 3 aliphatic rings. The van der Waals surface area contributed by atoms with Crippen LogP contribution in [0.15, 0.2) is 0 Å². The summed E-state index contributed by atoms with van der Waals surface area (Å²) in [6.45, 7) is 4.95. The maximum Gasteiger partial charge on any atom is 0.225 e. The average molecular weight is 224 g/mol. The lowest BCUT2D eigenvalue weighted by molar-refractivity contribution is -0.132. The number of rotatable bonds is 2. The Bertz CT molecular complexity index is 264. The first-order valence-electron chi connectivity index (χ1n) is 6.43. The molecule has 0 aromatic carbocycles. The minimum absolute atomic E-state index is 0.200. The maximum atomic E-state index is 12.1. The van der Waals surface area contributed by atoms with E-state index < -0.39 is 0 Å². The van der Waals surface area contributed by atoms with E-state index >= 15 is 0 Å². The monoisotopic (exact) mass is 224 g/mol. The molecule has 0 radical (unpaired) electrons. The van der Waals surface area contributed by atoms with Gasteiger partial charge in [0.05, 0.1) is 12.5 Å². The molecule has 0 aliphatic carbocycles. The van der Waals surface area contributed by atoms with Gasteiger partial charge in [0.2, 0.25) is 5.91 Å². The number of fused-ring (bicyclic) bond motifs is 1. The van der Waals surface area contributed by atoms with Gasteiger partial charge >= 0.3 is 0 Å². The van der Waals surface area contributed by atoms with Crippen molar-refractivity contribution in [1.29, 1.82) is 0 Å². The van der Waals surface area contributed by atoms with E-state index in [4.69, 9.17) is 4.74 Å². The zero-order valence-corrected chi connectivity index (χ0v) is 9.65. The molecule has 1 N–H and O–H groups in total. The topological polar surface area (TPSA) is 41.6 Å². The Morgan fingerprint density at radius 2 is 2.06 bits per heavy atom. The van der Waals surface area contributed by atoms with Gasteiger partial charge in [0.15, 0.2) is 0 Å². The van der Waals surface area contributed by atoms with Gasteiger partial charge in [-0.25, -0.2) is 0 Å². The number of carbonyl (C=O) groups excluding carboxylic acids is 1. The number of carbonyl (C=O) groups is 1. The third-order valence-corrected chi connectivity index (χ3v) is 4.17. The fourth-order valence-electron chi connectivity index (χ4n) is 3.19. The first kappa shape index (κ1) is 10.5. The average Bonchev–Trinajstić information content (AvgIpc) is 2.91. The molecule has 3 rings (SSSR count). The smallest absolute Gasteiger partial charge is 0.225 e. The molecule has 3 aliphatic heterocycles. The maximum absolute atomic E-state index is 12.1. The zero-order valence-electron chi connectivity index (χ0n) is 9.65. The van der Waals surface area contributed by atoms with Crippen molar-refractivity contribution in [2.24, 2.45) is 11.8 Å². The molecule has 3 fully saturated rings. The molecule has 4 nitrogen and oxygen atoms in total. The van der Waals surface area contributed by atoms with Gasteiger partial charge in [-0.15, -0.1) is 0 Å². The van der Waals surface area contributed by atoms with Crippen molar-refractivity contribution in [3.8, 4) is 0 Å². The lowest BCUT2D eigenvalue weighted by atomic mass is 10.0. The predicted molar refractivity (Wildman–Crippen MR) is 60.0 cm³/mol. The summed E-state index contributed by atoms with van der Waals surface area (Å²) in [5, 5.41) is 3.39. The van der Waals surface area contributed by atoms with Crippen LogP contribution in [0.1, 0.15) is 19.3 Å². The first-order valence-corrected chi connectivity index (χ1v) is 6.43. The number of likely N-dealkylation sites (tertiary alicyclic amines) is 1. The van der Waals surface area contributed by atoms with Gasteiger partial charge < -0.3 is 15.0 Å². The molecule has 0 saturated carbocycles. The van der Waals surface area contributed by atoms with Crippen molar-refractivity contribution in [1.82, 2.24) is 10.2 Å². The molecule has 0 aromatic rings. The fourth-order valence-corrected chi connectivity index (χ4v) is 3.19. The summed E-state index contributed by atoms with van der Waals surface area (Å²) < 4.78 is 5.52. The lowest BCUT2D eigenvalue weighted by Gasteiger charge is -2.19. The molecule has 3 atom stereocenters. The molecule has 90 valence electrons. The second-order valence-electron chi connectivity index (χ2n) is 5.32. The van der Waals surface area contributed by atoms with Crippen molar-refractivity contribution in [3.63, 3.8) is 0 Å². The molecule has 0 spiro atoms. The van der Waals surface area contributed by atoms with E-state index in [1.807, 2.05) is 0 Å².